The number of imidazole rings is 1. The first-order valence-electron chi connectivity index (χ1n) is 9.07. The van der Waals surface area contributed by atoms with Crippen molar-refractivity contribution in [2.75, 3.05) is 13.6 Å². The monoisotopic (exact) mass is 533 g/mol. The van der Waals surface area contributed by atoms with Gasteiger partial charge in [-0.2, -0.15) is 0 Å². The van der Waals surface area contributed by atoms with E-state index in [1.54, 1.807) is 19.2 Å². The van der Waals surface area contributed by atoms with Crippen LogP contribution in [-0.2, 0) is 13.1 Å². The summed E-state index contributed by atoms with van der Waals surface area (Å²) in [4.78, 5) is 8.65. The second-order valence-corrected chi connectivity index (χ2v) is 6.31. The molecule has 1 aromatic heterocycles. The molecule has 162 valence electrons. The summed E-state index contributed by atoms with van der Waals surface area (Å²) in [5.41, 5.74) is 2.37. The van der Waals surface area contributed by atoms with E-state index in [0.29, 0.717) is 24.6 Å². The third-order valence-corrected chi connectivity index (χ3v) is 4.34. The van der Waals surface area contributed by atoms with Crippen molar-refractivity contribution in [2.24, 2.45) is 4.99 Å². The van der Waals surface area contributed by atoms with Crippen molar-refractivity contribution >= 4 is 41.0 Å². The van der Waals surface area contributed by atoms with E-state index in [1.807, 2.05) is 31.2 Å². The molecule has 0 unspecified atom stereocenters. The number of hydrogen-bond donors (Lipinski definition) is 2. The number of halogens is 4. The molecular weight excluding hydrogens is 510 g/mol. The summed E-state index contributed by atoms with van der Waals surface area (Å²) < 4.78 is 43.8. The lowest BCUT2D eigenvalue weighted by atomic mass is 10.2. The third-order valence-electron chi connectivity index (χ3n) is 4.34. The fraction of sp³-hybridized carbons (Fsp3) is 0.300. The molecule has 10 heteroatoms. The van der Waals surface area contributed by atoms with Crippen LogP contribution in [0.5, 0.6) is 5.75 Å². The maximum Gasteiger partial charge on any atom is 0.573 e. The molecule has 0 aliphatic carbocycles. The van der Waals surface area contributed by atoms with E-state index in [0.717, 1.165) is 16.9 Å². The predicted octanol–water partition coefficient (Wildman–Crippen LogP) is 4.23. The van der Waals surface area contributed by atoms with Gasteiger partial charge in [-0.25, -0.2) is 4.98 Å². The topological polar surface area (TPSA) is 63.5 Å². The largest absolute Gasteiger partial charge is 0.573 e. The molecular formula is C20H23F3IN5O. The first-order chi connectivity index (χ1) is 13.9. The number of alkyl halides is 3. The standard InChI is InChI=1S/C20H22F3N5O.HI/c1-14-27-16-8-4-5-9-17(16)28(14)12-11-25-19(24-2)26-13-15-7-3-6-10-18(15)29-20(21,22)23;/h3-10H,11-13H2,1-2H3,(H2,24,25,26);1H. The molecule has 0 atom stereocenters. The van der Waals surface area contributed by atoms with Gasteiger partial charge in [0.25, 0.3) is 0 Å². The van der Waals surface area contributed by atoms with E-state index < -0.39 is 6.36 Å². The maximum atomic E-state index is 12.5. The quantitative estimate of drug-likeness (QED) is 0.283. The number of guanidine groups is 1. The fourth-order valence-corrected chi connectivity index (χ4v) is 3.04. The van der Waals surface area contributed by atoms with Gasteiger partial charge in [0, 0.05) is 32.2 Å². The van der Waals surface area contributed by atoms with Gasteiger partial charge >= 0.3 is 6.36 Å². The molecule has 0 amide bonds. The van der Waals surface area contributed by atoms with Crippen molar-refractivity contribution in [1.29, 1.82) is 0 Å². The minimum atomic E-state index is -4.73. The molecule has 0 aliphatic rings. The van der Waals surface area contributed by atoms with E-state index in [9.17, 15) is 13.2 Å². The van der Waals surface area contributed by atoms with Gasteiger partial charge in [0.15, 0.2) is 5.96 Å². The van der Waals surface area contributed by atoms with Crippen LogP contribution in [-0.4, -0.2) is 35.5 Å². The van der Waals surface area contributed by atoms with E-state index in [4.69, 9.17) is 0 Å². The number of hydrogen-bond acceptors (Lipinski definition) is 3. The van der Waals surface area contributed by atoms with Crippen LogP contribution in [0.4, 0.5) is 13.2 Å². The fourth-order valence-electron chi connectivity index (χ4n) is 3.04. The van der Waals surface area contributed by atoms with E-state index >= 15 is 0 Å². The molecule has 0 saturated heterocycles. The first-order valence-corrected chi connectivity index (χ1v) is 9.07. The predicted molar refractivity (Wildman–Crippen MR) is 121 cm³/mol. The Morgan fingerprint density at radius 3 is 2.53 bits per heavy atom. The van der Waals surface area contributed by atoms with Crippen molar-refractivity contribution in [2.45, 2.75) is 26.4 Å². The highest BCUT2D eigenvalue weighted by molar-refractivity contribution is 14.0. The summed E-state index contributed by atoms with van der Waals surface area (Å²) in [6.07, 6.45) is -4.73. The van der Waals surface area contributed by atoms with Crippen molar-refractivity contribution in [3.05, 3.63) is 59.9 Å². The molecule has 2 N–H and O–H groups in total. The molecule has 0 bridgehead atoms. The SMILES string of the molecule is CN=C(NCCn1c(C)nc2ccccc21)NCc1ccccc1OC(F)(F)F.I. The zero-order chi connectivity index (χ0) is 20.9. The van der Waals surface area contributed by atoms with Crippen LogP contribution >= 0.6 is 24.0 Å². The van der Waals surface area contributed by atoms with Gasteiger partial charge in [-0.3, -0.25) is 4.99 Å². The molecule has 0 radical (unpaired) electrons. The summed E-state index contributed by atoms with van der Waals surface area (Å²) in [5.74, 6) is 1.16. The highest BCUT2D eigenvalue weighted by Crippen LogP contribution is 2.26. The Balaban J connectivity index is 0.00000320. The van der Waals surface area contributed by atoms with Gasteiger partial charge in [-0.1, -0.05) is 30.3 Å². The van der Waals surface area contributed by atoms with Gasteiger partial charge in [0.1, 0.15) is 11.6 Å². The van der Waals surface area contributed by atoms with Gasteiger partial charge in [0.2, 0.25) is 0 Å². The highest BCUT2D eigenvalue weighted by atomic mass is 127. The van der Waals surface area contributed by atoms with Crippen LogP contribution in [0.3, 0.4) is 0 Å². The van der Waals surface area contributed by atoms with E-state index in [2.05, 4.69) is 29.9 Å². The zero-order valence-electron chi connectivity index (χ0n) is 16.5. The van der Waals surface area contributed by atoms with Crippen LogP contribution in [0.25, 0.3) is 11.0 Å². The number of aliphatic imine (C=N–C) groups is 1. The number of aryl methyl sites for hydroxylation is 1. The summed E-state index contributed by atoms with van der Waals surface area (Å²) in [7, 11) is 1.60. The second-order valence-electron chi connectivity index (χ2n) is 6.31. The number of nitrogens with one attached hydrogen (secondary N) is 2. The number of para-hydroxylation sites is 3. The van der Waals surface area contributed by atoms with Crippen LogP contribution in [0.2, 0.25) is 0 Å². The number of nitrogens with zero attached hydrogens (tertiary/aromatic N) is 3. The lowest BCUT2D eigenvalue weighted by molar-refractivity contribution is -0.274. The summed E-state index contributed by atoms with van der Waals surface area (Å²) in [6.45, 7) is 3.33. The van der Waals surface area contributed by atoms with Gasteiger partial charge in [-0.05, 0) is 25.1 Å². The Hall–Kier alpha value is -2.50. The van der Waals surface area contributed by atoms with Crippen molar-refractivity contribution in [3.8, 4) is 5.75 Å². The third kappa shape index (κ3) is 6.25. The number of fused-ring (bicyclic) bond motifs is 1. The molecule has 0 fully saturated rings. The van der Waals surface area contributed by atoms with Gasteiger partial charge < -0.3 is 19.9 Å². The second kappa shape index (κ2) is 10.5. The average Bonchev–Trinajstić information content (AvgIpc) is 2.99. The van der Waals surface area contributed by atoms with Gasteiger partial charge in [0.05, 0.1) is 11.0 Å². The van der Waals surface area contributed by atoms with Crippen LogP contribution in [0.15, 0.2) is 53.5 Å². The summed E-state index contributed by atoms with van der Waals surface area (Å²) >= 11 is 0. The number of rotatable bonds is 6. The average molecular weight is 533 g/mol. The van der Waals surface area contributed by atoms with Crippen molar-refractivity contribution < 1.29 is 17.9 Å². The summed E-state index contributed by atoms with van der Waals surface area (Å²) in [6, 6.07) is 13.9. The van der Waals surface area contributed by atoms with Gasteiger partial charge in [-0.15, -0.1) is 37.1 Å². The smallest absolute Gasteiger partial charge is 0.405 e. The number of aromatic nitrogens is 2. The van der Waals surface area contributed by atoms with Crippen LogP contribution < -0.4 is 15.4 Å². The Bertz CT molecular complexity index is 1000. The molecule has 0 aliphatic heterocycles. The number of ether oxygens (including phenoxy) is 1. The molecule has 3 aromatic rings. The molecule has 30 heavy (non-hydrogen) atoms. The highest BCUT2D eigenvalue weighted by Gasteiger charge is 2.31. The minimum Gasteiger partial charge on any atom is -0.405 e. The molecule has 0 saturated carbocycles. The van der Waals surface area contributed by atoms with Crippen molar-refractivity contribution in [3.63, 3.8) is 0 Å². The summed E-state index contributed by atoms with van der Waals surface area (Å²) in [5, 5.41) is 6.18. The lowest BCUT2D eigenvalue weighted by Gasteiger charge is -2.16. The molecule has 6 nitrogen and oxygen atoms in total. The van der Waals surface area contributed by atoms with Crippen molar-refractivity contribution in [1.82, 2.24) is 20.2 Å². The van der Waals surface area contributed by atoms with E-state index in [-0.39, 0.29) is 36.3 Å². The van der Waals surface area contributed by atoms with Crippen LogP contribution in [0, 0.1) is 6.92 Å². The Morgan fingerprint density at radius 2 is 1.80 bits per heavy atom. The Kier molecular flexibility index (Phi) is 8.33. The molecule has 0 spiro atoms. The van der Waals surface area contributed by atoms with E-state index in [1.165, 1.54) is 12.1 Å². The Morgan fingerprint density at radius 1 is 1.10 bits per heavy atom. The zero-order valence-corrected chi connectivity index (χ0v) is 18.9. The Labute approximate surface area is 189 Å². The molecule has 2 aromatic carbocycles. The normalized spacial score (nSPS) is 11.8. The minimum absolute atomic E-state index is 0. The number of benzene rings is 2. The first kappa shape index (κ1) is 23.8. The maximum absolute atomic E-state index is 12.5. The molecule has 1 heterocycles. The lowest BCUT2D eigenvalue weighted by Crippen LogP contribution is -2.38. The van der Waals surface area contributed by atoms with Crippen LogP contribution in [0.1, 0.15) is 11.4 Å². The molecule has 3 rings (SSSR count).